The molecular formula is C9H7Cl2F3O. The summed E-state index contributed by atoms with van der Waals surface area (Å²) in [6.07, 6.45) is -4.76. The van der Waals surface area contributed by atoms with Crippen molar-refractivity contribution in [3.05, 3.63) is 33.8 Å². The first-order valence-corrected chi connectivity index (χ1v) is 4.66. The maximum atomic E-state index is 12.4. The van der Waals surface area contributed by atoms with E-state index in [1.165, 1.54) is 6.07 Å². The summed E-state index contributed by atoms with van der Waals surface area (Å²) in [6.45, 7) is 0.659. The van der Waals surface area contributed by atoms with Crippen molar-refractivity contribution in [1.82, 2.24) is 0 Å². The first-order valence-electron chi connectivity index (χ1n) is 3.91. The molecule has 0 radical (unpaired) electrons. The molecule has 1 atom stereocenters. The van der Waals surface area contributed by atoms with E-state index in [1.54, 1.807) is 0 Å². The van der Waals surface area contributed by atoms with Gasteiger partial charge >= 0.3 is 6.18 Å². The van der Waals surface area contributed by atoms with Crippen molar-refractivity contribution >= 4 is 23.2 Å². The molecule has 84 valence electrons. The molecule has 0 spiro atoms. The molecule has 0 heterocycles. The largest absolute Gasteiger partial charge is 0.421 e. The van der Waals surface area contributed by atoms with E-state index in [2.05, 4.69) is 0 Å². The van der Waals surface area contributed by atoms with Crippen molar-refractivity contribution in [2.24, 2.45) is 0 Å². The maximum absolute atomic E-state index is 12.4. The predicted octanol–water partition coefficient (Wildman–Crippen LogP) is 3.76. The predicted molar refractivity (Wildman–Crippen MR) is 52.1 cm³/mol. The number of rotatable bonds is 1. The highest BCUT2D eigenvalue weighted by Crippen LogP contribution is 2.40. The zero-order valence-electron chi connectivity index (χ0n) is 7.57. The van der Waals surface area contributed by atoms with Crippen LogP contribution in [-0.4, -0.2) is 11.3 Å². The van der Waals surface area contributed by atoms with Gasteiger partial charge in [0.2, 0.25) is 0 Å². The molecule has 1 rings (SSSR count). The molecule has 0 amide bonds. The fourth-order valence-corrected chi connectivity index (χ4v) is 1.26. The van der Waals surface area contributed by atoms with Crippen LogP contribution in [0.15, 0.2) is 18.2 Å². The third-order valence-electron chi connectivity index (χ3n) is 2.03. The van der Waals surface area contributed by atoms with Crippen LogP contribution >= 0.6 is 23.2 Å². The van der Waals surface area contributed by atoms with Crippen LogP contribution in [-0.2, 0) is 5.60 Å². The molecule has 0 aliphatic heterocycles. The van der Waals surface area contributed by atoms with E-state index in [9.17, 15) is 18.3 Å². The minimum Gasteiger partial charge on any atom is -0.376 e. The highest BCUT2D eigenvalue weighted by atomic mass is 35.5. The molecule has 1 N–H and O–H groups in total. The standard InChI is InChI=1S/C9H7Cl2F3O/c1-8(15,9(12,13)14)5-2-3-6(10)7(11)4-5/h2-4,15H,1H3/t8-/m1/s1. The number of alkyl halides is 3. The lowest BCUT2D eigenvalue weighted by Gasteiger charge is -2.26. The third kappa shape index (κ3) is 2.38. The smallest absolute Gasteiger partial charge is 0.376 e. The lowest BCUT2D eigenvalue weighted by Crippen LogP contribution is -2.39. The average Bonchev–Trinajstić information content (AvgIpc) is 2.07. The molecule has 0 aliphatic rings. The molecule has 0 bridgehead atoms. The van der Waals surface area contributed by atoms with Crippen LogP contribution in [0.3, 0.4) is 0 Å². The zero-order chi connectivity index (χ0) is 11.9. The van der Waals surface area contributed by atoms with Gasteiger partial charge in [0, 0.05) is 0 Å². The molecule has 0 saturated carbocycles. The fraction of sp³-hybridized carbons (Fsp3) is 0.333. The Labute approximate surface area is 94.4 Å². The number of benzene rings is 1. The van der Waals surface area contributed by atoms with Crippen molar-refractivity contribution in [2.75, 3.05) is 0 Å². The van der Waals surface area contributed by atoms with Crippen molar-refractivity contribution in [1.29, 1.82) is 0 Å². The number of hydrogen-bond donors (Lipinski definition) is 1. The second-order valence-electron chi connectivity index (χ2n) is 3.20. The Kier molecular flexibility index (Phi) is 3.24. The Hall–Kier alpha value is -0.450. The van der Waals surface area contributed by atoms with Gasteiger partial charge in [-0.15, -0.1) is 0 Å². The summed E-state index contributed by atoms with van der Waals surface area (Å²) < 4.78 is 37.3. The van der Waals surface area contributed by atoms with E-state index in [-0.39, 0.29) is 15.6 Å². The van der Waals surface area contributed by atoms with E-state index >= 15 is 0 Å². The summed E-state index contributed by atoms with van der Waals surface area (Å²) in [6, 6.07) is 3.29. The van der Waals surface area contributed by atoms with Gasteiger partial charge in [0.05, 0.1) is 10.0 Å². The fourth-order valence-electron chi connectivity index (χ4n) is 0.963. The van der Waals surface area contributed by atoms with Gasteiger partial charge in [-0.2, -0.15) is 13.2 Å². The summed E-state index contributed by atoms with van der Waals surface area (Å²) in [7, 11) is 0. The van der Waals surface area contributed by atoms with Crippen LogP contribution in [0.2, 0.25) is 10.0 Å². The summed E-state index contributed by atoms with van der Waals surface area (Å²) in [5.74, 6) is 0. The third-order valence-corrected chi connectivity index (χ3v) is 2.77. The van der Waals surface area contributed by atoms with E-state index in [0.29, 0.717) is 6.92 Å². The second kappa shape index (κ2) is 3.85. The molecule has 1 nitrogen and oxygen atoms in total. The van der Waals surface area contributed by atoms with Gasteiger partial charge in [-0.1, -0.05) is 29.3 Å². The minimum atomic E-state index is -4.76. The van der Waals surface area contributed by atoms with Crippen LogP contribution in [0, 0.1) is 0 Å². The number of aliphatic hydroxyl groups is 1. The lowest BCUT2D eigenvalue weighted by atomic mass is 9.95. The van der Waals surface area contributed by atoms with Gasteiger partial charge in [-0.25, -0.2) is 0 Å². The lowest BCUT2D eigenvalue weighted by molar-refractivity contribution is -0.258. The molecule has 0 unspecified atom stereocenters. The molecule has 0 aliphatic carbocycles. The molecule has 0 aromatic heterocycles. The van der Waals surface area contributed by atoms with E-state index in [4.69, 9.17) is 23.2 Å². The average molecular weight is 259 g/mol. The molecule has 0 saturated heterocycles. The molecule has 15 heavy (non-hydrogen) atoms. The first kappa shape index (κ1) is 12.6. The molecule has 1 aromatic rings. The Morgan fingerprint density at radius 3 is 2.07 bits per heavy atom. The highest BCUT2D eigenvalue weighted by Gasteiger charge is 2.51. The Bertz CT molecular complexity index is 374. The Balaban J connectivity index is 3.22. The van der Waals surface area contributed by atoms with Gasteiger partial charge in [-0.3, -0.25) is 0 Å². The van der Waals surface area contributed by atoms with E-state index in [1.807, 2.05) is 0 Å². The van der Waals surface area contributed by atoms with Crippen LogP contribution in [0.4, 0.5) is 13.2 Å². The normalized spacial score (nSPS) is 16.2. The number of halogens is 5. The Morgan fingerprint density at radius 1 is 1.13 bits per heavy atom. The van der Waals surface area contributed by atoms with Crippen molar-refractivity contribution in [2.45, 2.75) is 18.7 Å². The molecular weight excluding hydrogens is 252 g/mol. The quantitative estimate of drug-likeness (QED) is 0.813. The first-order chi connectivity index (χ1) is 6.66. The van der Waals surface area contributed by atoms with Gasteiger partial charge in [0.25, 0.3) is 0 Å². The van der Waals surface area contributed by atoms with Crippen LogP contribution < -0.4 is 0 Å². The molecule has 0 fully saturated rings. The number of hydrogen-bond acceptors (Lipinski definition) is 1. The van der Waals surface area contributed by atoms with Crippen molar-refractivity contribution in [3.63, 3.8) is 0 Å². The second-order valence-corrected chi connectivity index (χ2v) is 4.01. The minimum absolute atomic E-state index is 0.0290. The van der Waals surface area contributed by atoms with Crippen LogP contribution in [0.1, 0.15) is 12.5 Å². The summed E-state index contributed by atoms with van der Waals surface area (Å²) >= 11 is 11.1. The zero-order valence-corrected chi connectivity index (χ0v) is 9.08. The van der Waals surface area contributed by atoms with E-state index in [0.717, 1.165) is 12.1 Å². The van der Waals surface area contributed by atoms with Crippen molar-refractivity contribution in [3.8, 4) is 0 Å². The van der Waals surface area contributed by atoms with Gasteiger partial charge in [0.1, 0.15) is 0 Å². The monoisotopic (exact) mass is 258 g/mol. The summed E-state index contributed by atoms with van der Waals surface area (Å²) in [5, 5.41) is 9.42. The Morgan fingerprint density at radius 2 is 1.67 bits per heavy atom. The SMILES string of the molecule is C[C@@](O)(c1ccc(Cl)c(Cl)c1)C(F)(F)F. The summed E-state index contributed by atoms with van der Waals surface area (Å²) in [4.78, 5) is 0. The van der Waals surface area contributed by atoms with Gasteiger partial charge in [-0.05, 0) is 24.6 Å². The van der Waals surface area contributed by atoms with E-state index < -0.39 is 11.8 Å². The van der Waals surface area contributed by atoms with Gasteiger partial charge in [0.15, 0.2) is 5.60 Å². The van der Waals surface area contributed by atoms with Crippen LogP contribution in [0.25, 0.3) is 0 Å². The topological polar surface area (TPSA) is 20.2 Å². The van der Waals surface area contributed by atoms with Crippen LogP contribution in [0.5, 0.6) is 0 Å². The molecule has 6 heteroatoms. The highest BCUT2D eigenvalue weighted by molar-refractivity contribution is 6.42. The van der Waals surface area contributed by atoms with Gasteiger partial charge < -0.3 is 5.11 Å². The summed E-state index contributed by atoms with van der Waals surface area (Å²) in [5.41, 5.74) is -3.27. The van der Waals surface area contributed by atoms with Crippen molar-refractivity contribution < 1.29 is 18.3 Å². The maximum Gasteiger partial charge on any atom is 0.421 e. The molecule has 1 aromatic carbocycles.